The van der Waals surface area contributed by atoms with E-state index in [1.807, 2.05) is 6.07 Å². The predicted molar refractivity (Wildman–Crippen MR) is 59.6 cm³/mol. The highest BCUT2D eigenvalue weighted by molar-refractivity contribution is 7.53. The first kappa shape index (κ1) is 11.9. The summed E-state index contributed by atoms with van der Waals surface area (Å²) in [6.45, 7) is 3.09. The molecule has 5 nitrogen and oxygen atoms in total. The van der Waals surface area contributed by atoms with Crippen LogP contribution >= 0.6 is 7.60 Å². The lowest BCUT2D eigenvalue weighted by Gasteiger charge is -2.21. The summed E-state index contributed by atoms with van der Waals surface area (Å²) >= 11 is 0. The maximum Gasteiger partial charge on any atom is 0.333 e. The summed E-state index contributed by atoms with van der Waals surface area (Å²) < 4.78 is 22.2. The first-order valence-electron chi connectivity index (χ1n) is 5.36. The van der Waals surface area contributed by atoms with Crippen molar-refractivity contribution in [3.8, 4) is 0 Å². The predicted octanol–water partition coefficient (Wildman–Crippen LogP) is 1.56. The molecule has 2 N–H and O–H groups in total. The molecule has 6 heteroatoms. The van der Waals surface area contributed by atoms with Crippen molar-refractivity contribution in [3.63, 3.8) is 0 Å². The third kappa shape index (κ3) is 2.23. The van der Waals surface area contributed by atoms with Gasteiger partial charge < -0.3 is 19.2 Å². The second kappa shape index (κ2) is 4.72. The average molecular weight is 245 g/mol. The minimum atomic E-state index is -3.56. The van der Waals surface area contributed by atoms with Gasteiger partial charge in [-0.3, -0.25) is 4.57 Å². The molecule has 1 saturated heterocycles. The molecule has 0 saturated carbocycles. The van der Waals surface area contributed by atoms with E-state index in [4.69, 9.17) is 8.94 Å². The fourth-order valence-corrected chi connectivity index (χ4v) is 3.71. The van der Waals surface area contributed by atoms with Crippen LogP contribution in [-0.2, 0) is 9.09 Å². The lowest BCUT2D eigenvalue weighted by Crippen LogP contribution is -2.19. The number of rotatable bonds is 4. The molecule has 1 fully saturated rings. The highest BCUT2D eigenvalue weighted by Gasteiger charge is 2.43. The molecule has 0 bridgehead atoms. The van der Waals surface area contributed by atoms with Crippen molar-refractivity contribution in [2.24, 2.45) is 0 Å². The van der Waals surface area contributed by atoms with Gasteiger partial charge in [0.15, 0.2) is 0 Å². The van der Waals surface area contributed by atoms with Crippen molar-refractivity contribution < 1.29 is 18.4 Å². The van der Waals surface area contributed by atoms with E-state index in [0.717, 1.165) is 5.76 Å². The molecule has 1 aromatic rings. The number of hydrogen-bond acceptors (Lipinski definition) is 4. The molecule has 2 rings (SSSR count). The Morgan fingerprint density at radius 3 is 3.12 bits per heavy atom. The van der Waals surface area contributed by atoms with Gasteiger partial charge in [-0.1, -0.05) is 0 Å². The van der Waals surface area contributed by atoms with Crippen LogP contribution in [0.1, 0.15) is 18.6 Å². The molecule has 0 radical (unpaired) electrons. The molecule has 16 heavy (non-hydrogen) atoms. The molecular weight excluding hydrogens is 229 g/mol. The summed E-state index contributed by atoms with van der Waals surface area (Å²) in [4.78, 5) is 9.84. The summed E-state index contributed by atoms with van der Waals surface area (Å²) in [5.41, 5.74) is -0.418. The van der Waals surface area contributed by atoms with Crippen LogP contribution in [0.5, 0.6) is 0 Å². The zero-order valence-electron chi connectivity index (χ0n) is 9.13. The lowest BCUT2D eigenvalue weighted by molar-refractivity contribution is 0.261. The Hall–Kier alpha value is -0.610. The lowest BCUT2D eigenvalue weighted by atomic mass is 10.1. The van der Waals surface area contributed by atoms with Crippen molar-refractivity contribution in [1.29, 1.82) is 0 Å². The second-order valence-corrected chi connectivity index (χ2v) is 5.88. The molecule has 0 aromatic carbocycles. The molecule has 3 unspecified atom stereocenters. The van der Waals surface area contributed by atoms with E-state index < -0.39 is 13.3 Å². The van der Waals surface area contributed by atoms with Crippen LogP contribution in [0.2, 0.25) is 0 Å². The van der Waals surface area contributed by atoms with E-state index in [1.165, 1.54) is 0 Å². The third-order valence-corrected chi connectivity index (χ3v) is 4.83. The largest absolute Gasteiger partial charge is 0.469 e. The fourth-order valence-electron chi connectivity index (χ4n) is 2.08. The van der Waals surface area contributed by atoms with Gasteiger partial charge in [0.2, 0.25) is 0 Å². The summed E-state index contributed by atoms with van der Waals surface area (Å²) in [5.74, 6) is 0.654. The van der Waals surface area contributed by atoms with Crippen molar-refractivity contribution >= 4 is 7.60 Å². The van der Waals surface area contributed by atoms with Crippen LogP contribution in [0.15, 0.2) is 22.8 Å². The van der Waals surface area contributed by atoms with Gasteiger partial charge >= 0.3 is 7.60 Å². The molecule has 90 valence electrons. The fraction of sp³-hybridized carbons (Fsp3) is 0.600. The topological polar surface area (TPSA) is 71.7 Å². The summed E-state index contributed by atoms with van der Waals surface area (Å²) in [6.07, 6.45) is 1.58. The summed E-state index contributed by atoms with van der Waals surface area (Å²) in [6, 6.07) is 3.62. The van der Waals surface area contributed by atoms with Gasteiger partial charge in [-0.15, -0.1) is 0 Å². The molecule has 1 aliphatic heterocycles. The summed E-state index contributed by atoms with van der Waals surface area (Å²) in [7, 11) is -3.56. The Labute approximate surface area is 94.3 Å². The quantitative estimate of drug-likeness (QED) is 0.787. The normalized spacial score (nSPS) is 29.1. The molecule has 0 spiro atoms. The Bertz CT molecular complexity index is 378. The van der Waals surface area contributed by atoms with Gasteiger partial charge in [0.25, 0.3) is 0 Å². The van der Waals surface area contributed by atoms with Gasteiger partial charge in [-0.05, 0) is 19.1 Å². The van der Waals surface area contributed by atoms with Crippen LogP contribution in [0.25, 0.3) is 0 Å². The monoisotopic (exact) mass is 245 g/mol. The highest BCUT2D eigenvalue weighted by Crippen LogP contribution is 2.53. The van der Waals surface area contributed by atoms with Gasteiger partial charge in [0, 0.05) is 19.0 Å². The number of nitrogens with one attached hydrogen (secondary N) is 1. The van der Waals surface area contributed by atoms with Crippen LogP contribution < -0.4 is 5.32 Å². The first-order chi connectivity index (χ1) is 7.65. The Morgan fingerprint density at radius 2 is 2.50 bits per heavy atom. The maximum atomic E-state index is 12.0. The second-order valence-electron chi connectivity index (χ2n) is 3.83. The van der Waals surface area contributed by atoms with Crippen LogP contribution in [0.3, 0.4) is 0 Å². The Kier molecular flexibility index (Phi) is 3.50. The minimum Gasteiger partial charge on any atom is -0.469 e. The van der Waals surface area contributed by atoms with E-state index in [2.05, 4.69) is 5.32 Å². The standard InChI is InChI=1S/C10H16NO4P/c1-2-15-16(12,13)10-7-11-6-8(10)9-4-3-5-14-9/h3-5,8,10-11H,2,6-7H2,1H3,(H,12,13). The van der Waals surface area contributed by atoms with E-state index in [9.17, 15) is 9.46 Å². The molecule has 1 aliphatic rings. The van der Waals surface area contributed by atoms with E-state index in [-0.39, 0.29) is 12.5 Å². The molecule has 2 heterocycles. The van der Waals surface area contributed by atoms with Crippen LogP contribution in [-0.4, -0.2) is 30.2 Å². The molecule has 1 aromatic heterocycles. The Morgan fingerprint density at radius 1 is 1.69 bits per heavy atom. The molecular formula is C10H16NO4P. The van der Waals surface area contributed by atoms with Crippen molar-refractivity contribution in [2.45, 2.75) is 18.5 Å². The van der Waals surface area contributed by atoms with E-state index >= 15 is 0 Å². The van der Waals surface area contributed by atoms with Gasteiger partial charge in [0.05, 0.1) is 18.5 Å². The van der Waals surface area contributed by atoms with Gasteiger partial charge in [-0.25, -0.2) is 0 Å². The average Bonchev–Trinajstić information content (AvgIpc) is 2.88. The van der Waals surface area contributed by atoms with Crippen molar-refractivity contribution in [2.75, 3.05) is 19.7 Å². The zero-order valence-corrected chi connectivity index (χ0v) is 10.0. The smallest absolute Gasteiger partial charge is 0.333 e. The van der Waals surface area contributed by atoms with E-state index in [1.54, 1.807) is 19.3 Å². The van der Waals surface area contributed by atoms with Crippen LogP contribution in [0, 0.1) is 0 Å². The van der Waals surface area contributed by atoms with Crippen LogP contribution in [0.4, 0.5) is 0 Å². The van der Waals surface area contributed by atoms with E-state index in [0.29, 0.717) is 13.1 Å². The highest BCUT2D eigenvalue weighted by atomic mass is 31.2. The van der Waals surface area contributed by atoms with Gasteiger partial charge in [-0.2, -0.15) is 0 Å². The zero-order chi connectivity index (χ0) is 11.6. The van der Waals surface area contributed by atoms with Crippen molar-refractivity contribution in [1.82, 2.24) is 5.32 Å². The maximum absolute atomic E-state index is 12.0. The van der Waals surface area contributed by atoms with Crippen molar-refractivity contribution in [3.05, 3.63) is 24.2 Å². The Balaban J connectivity index is 2.18. The minimum absolute atomic E-state index is 0.0858. The first-order valence-corrected chi connectivity index (χ1v) is 7.01. The number of furan rings is 1. The van der Waals surface area contributed by atoms with Gasteiger partial charge in [0.1, 0.15) is 5.76 Å². The summed E-state index contributed by atoms with van der Waals surface area (Å²) in [5, 5.41) is 3.10. The SMILES string of the molecule is CCOP(=O)(O)C1CNCC1c1ccco1. The molecule has 3 atom stereocenters. The molecule has 0 aliphatic carbocycles. The molecule has 0 amide bonds. The third-order valence-electron chi connectivity index (χ3n) is 2.82. The number of hydrogen-bond donors (Lipinski definition) is 2.